The Morgan fingerprint density at radius 1 is 1.10 bits per heavy atom. The van der Waals surface area contributed by atoms with Crippen LogP contribution < -0.4 is 15.0 Å². The monoisotopic (exact) mass is 536 g/mol. The number of piperazine rings is 1. The number of nitrogens with one attached hydrogen (secondary N) is 1. The van der Waals surface area contributed by atoms with E-state index in [0.29, 0.717) is 18.9 Å². The Labute approximate surface area is 190 Å². The first-order chi connectivity index (χ1) is 14.0. The van der Waals surface area contributed by atoms with Crippen LogP contribution in [0.15, 0.2) is 47.7 Å². The van der Waals surface area contributed by atoms with Crippen LogP contribution in [-0.4, -0.2) is 67.2 Å². The molecule has 0 amide bonds. The summed E-state index contributed by atoms with van der Waals surface area (Å²) in [5.74, 6) is 1.88. The second-order valence-corrected chi connectivity index (χ2v) is 6.37. The van der Waals surface area contributed by atoms with E-state index >= 15 is 0 Å². The average Bonchev–Trinajstić information content (AvgIpc) is 2.74. The molecule has 0 atom stereocenters. The highest BCUT2D eigenvalue weighted by atomic mass is 127. The van der Waals surface area contributed by atoms with E-state index in [1.165, 1.54) is 12.1 Å². The third kappa shape index (κ3) is 6.61. The number of hydrogen-bond acceptors (Lipinski definition) is 5. The van der Waals surface area contributed by atoms with Crippen LogP contribution in [0.25, 0.3) is 0 Å². The molecule has 2 heterocycles. The van der Waals surface area contributed by atoms with Gasteiger partial charge in [0.25, 0.3) is 0 Å². The van der Waals surface area contributed by atoms with Crippen molar-refractivity contribution in [2.75, 3.05) is 51.3 Å². The molecule has 164 valence electrons. The standard InChI is InChI=1S/C19H23F3N6O.HI/c1-23-17(27-10-12-28(13-11-27)18-24-7-2-8-25-18)26-9-14-29-16-5-3-15(4-6-16)19(20,21)22;/h2-8H,9-14H2,1H3,(H,23,26);1H. The summed E-state index contributed by atoms with van der Waals surface area (Å²) in [5.41, 5.74) is -0.691. The van der Waals surface area contributed by atoms with Crippen molar-refractivity contribution < 1.29 is 17.9 Å². The number of anilines is 1. The van der Waals surface area contributed by atoms with Gasteiger partial charge >= 0.3 is 6.18 Å². The summed E-state index contributed by atoms with van der Waals surface area (Å²) in [6.45, 7) is 3.91. The second kappa shape index (κ2) is 11.2. The Hall–Kier alpha value is -2.31. The van der Waals surface area contributed by atoms with E-state index in [2.05, 4.69) is 30.1 Å². The largest absolute Gasteiger partial charge is 0.492 e. The van der Waals surface area contributed by atoms with Gasteiger partial charge in [0.15, 0.2) is 5.96 Å². The van der Waals surface area contributed by atoms with E-state index in [-0.39, 0.29) is 24.0 Å². The molecule has 3 rings (SSSR count). The van der Waals surface area contributed by atoms with Gasteiger partial charge in [-0.25, -0.2) is 9.97 Å². The number of aromatic nitrogens is 2. The average molecular weight is 536 g/mol. The number of alkyl halides is 3. The third-order valence-corrected chi connectivity index (χ3v) is 4.46. The van der Waals surface area contributed by atoms with Gasteiger partial charge in [-0.05, 0) is 30.3 Å². The predicted octanol–water partition coefficient (Wildman–Crippen LogP) is 2.89. The van der Waals surface area contributed by atoms with Crippen LogP contribution >= 0.6 is 24.0 Å². The van der Waals surface area contributed by atoms with Crippen molar-refractivity contribution in [1.82, 2.24) is 20.2 Å². The molecule has 0 radical (unpaired) electrons. The second-order valence-electron chi connectivity index (χ2n) is 6.37. The van der Waals surface area contributed by atoms with E-state index < -0.39 is 11.7 Å². The van der Waals surface area contributed by atoms with Gasteiger partial charge in [0.05, 0.1) is 12.1 Å². The van der Waals surface area contributed by atoms with Crippen LogP contribution in [0, 0.1) is 0 Å². The van der Waals surface area contributed by atoms with Gasteiger partial charge < -0.3 is 19.9 Å². The Balaban J connectivity index is 0.00000320. The molecule has 1 aliphatic heterocycles. The van der Waals surface area contributed by atoms with E-state index in [4.69, 9.17) is 4.74 Å². The van der Waals surface area contributed by atoms with Crippen molar-refractivity contribution in [3.05, 3.63) is 48.3 Å². The number of nitrogens with zero attached hydrogens (tertiary/aromatic N) is 5. The Bertz CT molecular complexity index is 796. The van der Waals surface area contributed by atoms with Crippen molar-refractivity contribution >= 4 is 35.9 Å². The normalized spacial score (nSPS) is 14.9. The lowest BCUT2D eigenvalue weighted by Gasteiger charge is -2.36. The van der Waals surface area contributed by atoms with Gasteiger partial charge in [0.2, 0.25) is 5.95 Å². The molecule has 11 heteroatoms. The summed E-state index contributed by atoms with van der Waals surface area (Å²) in [5, 5.41) is 3.22. The molecule has 0 spiro atoms. The molecule has 0 unspecified atom stereocenters. The van der Waals surface area contributed by atoms with E-state index in [1.54, 1.807) is 25.5 Å². The quantitative estimate of drug-likeness (QED) is 0.275. The Kier molecular flexibility index (Phi) is 8.93. The first-order valence-electron chi connectivity index (χ1n) is 9.25. The molecule has 30 heavy (non-hydrogen) atoms. The van der Waals surface area contributed by atoms with Gasteiger partial charge in [-0.3, -0.25) is 4.99 Å². The summed E-state index contributed by atoms with van der Waals surface area (Å²) in [4.78, 5) is 17.1. The number of aliphatic imine (C=N–C) groups is 1. The van der Waals surface area contributed by atoms with Crippen LogP contribution in [0.1, 0.15) is 5.56 Å². The number of rotatable bonds is 5. The first-order valence-corrected chi connectivity index (χ1v) is 9.25. The lowest BCUT2D eigenvalue weighted by Crippen LogP contribution is -2.53. The summed E-state index contributed by atoms with van der Waals surface area (Å²) < 4.78 is 43.2. The summed E-state index contributed by atoms with van der Waals surface area (Å²) in [7, 11) is 1.71. The number of benzene rings is 1. The van der Waals surface area contributed by atoms with Crippen LogP contribution in [0.4, 0.5) is 19.1 Å². The van der Waals surface area contributed by atoms with Crippen molar-refractivity contribution in [1.29, 1.82) is 0 Å². The van der Waals surface area contributed by atoms with Gasteiger partial charge in [-0.2, -0.15) is 13.2 Å². The first kappa shape index (κ1) is 24.0. The van der Waals surface area contributed by atoms with Crippen LogP contribution in [-0.2, 0) is 6.18 Å². The molecule has 1 N–H and O–H groups in total. The Morgan fingerprint density at radius 2 is 1.73 bits per heavy atom. The number of ether oxygens (including phenoxy) is 1. The van der Waals surface area contributed by atoms with Gasteiger partial charge in [-0.15, -0.1) is 24.0 Å². The summed E-state index contributed by atoms with van der Waals surface area (Å²) >= 11 is 0. The highest BCUT2D eigenvalue weighted by molar-refractivity contribution is 14.0. The molecule has 7 nitrogen and oxygen atoms in total. The van der Waals surface area contributed by atoms with Gasteiger partial charge in [0, 0.05) is 45.6 Å². The smallest absolute Gasteiger partial charge is 0.416 e. The van der Waals surface area contributed by atoms with Crippen molar-refractivity contribution in [3.63, 3.8) is 0 Å². The molecule has 2 aromatic rings. The minimum Gasteiger partial charge on any atom is -0.492 e. The van der Waals surface area contributed by atoms with Gasteiger partial charge in [-0.1, -0.05) is 0 Å². The molecule has 1 aromatic carbocycles. The SMILES string of the molecule is CN=C(NCCOc1ccc(C(F)(F)F)cc1)N1CCN(c2ncccn2)CC1.I. The fourth-order valence-electron chi connectivity index (χ4n) is 2.98. The maximum atomic E-state index is 12.6. The molecule has 1 aromatic heterocycles. The fraction of sp³-hybridized carbons (Fsp3) is 0.421. The number of hydrogen-bond donors (Lipinski definition) is 1. The Morgan fingerprint density at radius 3 is 2.30 bits per heavy atom. The highest BCUT2D eigenvalue weighted by Crippen LogP contribution is 2.30. The van der Waals surface area contributed by atoms with Crippen LogP contribution in [0.3, 0.4) is 0 Å². The third-order valence-electron chi connectivity index (χ3n) is 4.46. The molecule has 0 bridgehead atoms. The molecule has 1 saturated heterocycles. The summed E-state index contributed by atoms with van der Waals surface area (Å²) in [6, 6.07) is 6.46. The molecule has 1 aliphatic rings. The molecular weight excluding hydrogens is 512 g/mol. The molecular formula is C19H24F3IN6O. The fourth-order valence-corrected chi connectivity index (χ4v) is 2.98. The molecule has 0 saturated carbocycles. The van der Waals surface area contributed by atoms with Crippen molar-refractivity contribution in [2.45, 2.75) is 6.18 Å². The lowest BCUT2D eigenvalue weighted by molar-refractivity contribution is -0.137. The van der Waals surface area contributed by atoms with E-state index in [1.807, 2.05) is 0 Å². The zero-order valence-electron chi connectivity index (χ0n) is 16.5. The van der Waals surface area contributed by atoms with Crippen molar-refractivity contribution in [2.24, 2.45) is 4.99 Å². The predicted molar refractivity (Wildman–Crippen MR) is 120 cm³/mol. The lowest BCUT2D eigenvalue weighted by atomic mass is 10.2. The maximum absolute atomic E-state index is 12.6. The number of guanidine groups is 1. The summed E-state index contributed by atoms with van der Waals surface area (Å²) in [6.07, 6.45) is -0.888. The van der Waals surface area contributed by atoms with E-state index in [9.17, 15) is 13.2 Å². The minimum absolute atomic E-state index is 0. The molecule has 0 aliphatic carbocycles. The maximum Gasteiger partial charge on any atom is 0.416 e. The topological polar surface area (TPSA) is 65.9 Å². The van der Waals surface area contributed by atoms with Crippen LogP contribution in [0.5, 0.6) is 5.75 Å². The minimum atomic E-state index is -4.34. The van der Waals surface area contributed by atoms with E-state index in [0.717, 1.165) is 50.2 Å². The van der Waals surface area contributed by atoms with Crippen LogP contribution in [0.2, 0.25) is 0 Å². The van der Waals surface area contributed by atoms with Gasteiger partial charge in [0.1, 0.15) is 12.4 Å². The zero-order valence-corrected chi connectivity index (χ0v) is 18.8. The van der Waals surface area contributed by atoms with Crippen molar-refractivity contribution in [3.8, 4) is 5.75 Å². The molecule has 1 fully saturated rings. The zero-order chi connectivity index (χ0) is 20.7. The number of halogens is 4. The highest BCUT2D eigenvalue weighted by Gasteiger charge is 2.30.